The summed E-state index contributed by atoms with van der Waals surface area (Å²) in [6.45, 7) is 13.4. The topological polar surface area (TPSA) is 46.2 Å². The first-order valence-electron chi connectivity index (χ1n) is 7.40. The Morgan fingerprint density at radius 3 is 1.81 bits per heavy atom. The van der Waals surface area contributed by atoms with E-state index in [4.69, 9.17) is 0 Å². The van der Waals surface area contributed by atoms with Crippen molar-refractivity contribution >= 4 is 10.0 Å². The van der Waals surface area contributed by atoms with E-state index >= 15 is 0 Å². The largest absolute Gasteiger partial charge is 0.240 e. The van der Waals surface area contributed by atoms with Gasteiger partial charge in [0.15, 0.2) is 0 Å². The van der Waals surface area contributed by atoms with Gasteiger partial charge in [-0.2, -0.15) is 0 Å². The lowest BCUT2D eigenvalue weighted by atomic mass is 9.69. The van der Waals surface area contributed by atoms with Gasteiger partial charge in [0.05, 0.1) is 4.90 Å². The maximum atomic E-state index is 11.8. The van der Waals surface area contributed by atoms with Gasteiger partial charge in [0.2, 0.25) is 10.0 Å². The molecule has 3 nitrogen and oxygen atoms in total. The highest BCUT2D eigenvalue weighted by atomic mass is 32.2. The van der Waals surface area contributed by atoms with Gasteiger partial charge in [-0.3, -0.25) is 0 Å². The van der Waals surface area contributed by atoms with Crippen molar-refractivity contribution in [3.63, 3.8) is 0 Å². The average molecular weight is 311 g/mol. The van der Waals surface area contributed by atoms with E-state index < -0.39 is 10.0 Å². The van der Waals surface area contributed by atoms with E-state index in [9.17, 15) is 8.42 Å². The van der Waals surface area contributed by atoms with Gasteiger partial charge in [-0.1, -0.05) is 53.7 Å². The third-order valence-corrected chi connectivity index (χ3v) is 5.15. The monoisotopic (exact) mass is 311 g/mol. The average Bonchev–Trinajstić information content (AvgIpc) is 2.34. The zero-order valence-electron chi connectivity index (χ0n) is 14.3. The molecule has 21 heavy (non-hydrogen) atoms. The molecule has 0 radical (unpaired) electrons. The predicted molar refractivity (Wildman–Crippen MR) is 89.0 cm³/mol. The van der Waals surface area contributed by atoms with Gasteiger partial charge < -0.3 is 0 Å². The van der Waals surface area contributed by atoms with Gasteiger partial charge in [0.1, 0.15) is 0 Å². The maximum absolute atomic E-state index is 11.8. The fourth-order valence-corrected chi connectivity index (χ4v) is 3.26. The van der Waals surface area contributed by atoms with E-state index in [0.29, 0.717) is 10.8 Å². The van der Waals surface area contributed by atoms with Crippen LogP contribution in [0.1, 0.15) is 59.4 Å². The number of hydrogen-bond acceptors (Lipinski definition) is 2. The van der Waals surface area contributed by atoms with E-state index in [-0.39, 0.29) is 10.8 Å². The SMILES string of the molecule is CNS(=O)(=O)c1ccc(C(CC(C)(C)C)C(C)(C)C)cc1. The second-order valence-electron chi connectivity index (χ2n) is 7.96. The van der Waals surface area contributed by atoms with Crippen LogP contribution in [-0.2, 0) is 10.0 Å². The normalized spacial score (nSPS) is 15.0. The lowest BCUT2D eigenvalue weighted by Crippen LogP contribution is -2.24. The van der Waals surface area contributed by atoms with Crippen molar-refractivity contribution in [1.29, 1.82) is 0 Å². The summed E-state index contributed by atoms with van der Waals surface area (Å²) < 4.78 is 25.9. The second-order valence-corrected chi connectivity index (χ2v) is 9.85. The Balaban J connectivity index is 3.17. The molecule has 0 saturated carbocycles. The van der Waals surface area contributed by atoms with Crippen molar-refractivity contribution in [3.8, 4) is 0 Å². The highest BCUT2D eigenvalue weighted by molar-refractivity contribution is 7.89. The Kier molecular flexibility index (Phi) is 5.27. The zero-order chi connectivity index (χ0) is 16.5. The fraction of sp³-hybridized carbons (Fsp3) is 0.647. The van der Waals surface area contributed by atoms with Crippen LogP contribution in [0.15, 0.2) is 29.2 Å². The summed E-state index contributed by atoms with van der Waals surface area (Å²) in [4.78, 5) is 0.317. The van der Waals surface area contributed by atoms with E-state index in [1.807, 2.05) is 12.1 Å². The van der Waals surface area contributed by atoms with Crippen LogP contribution >= 0.6 is 0 Å². The van der Waals surface area contributed by atoms with E-state index in [0.717, 1.165) is 6.42 Å². The van der Waals surface area contributed by atoms with Crippen molar-refractivity contribution in [2.24, 2.45) is 10.8 Å². The lowest BCUT2D eigenvalue weighted by molar-refractivity contribution is 0.229. The Bertz CT molecular complexity index is 560. The summed E-state index contributed by atoms with van der Waals surface area (Å²) in [7, 11) is -1.93. The molecule has 0 spiro atoms. The minimum absolute atomic E-state index is 0.136. The summed E-state index contributed by atoms with van der Waals surface area (Å²) in [6, 6.07) is 7.29. The Hall–Kier alpha value is -0.870. The molecule has 1 unspecified atom stereocenters. The molecule has 0 aliphatic heterocycles. The standard InChI is InChI=1S/C17H29NO2S/c1-16(2,3)12-15(17(4,5)6)13-8-10-14(11-9-13)21(19,20)18-7/h8-11,15,18H,12H2,1-7H3. The first-order valence-corrected chi connectivity index (χ1v) is 8.89. The quantitative estimate of drug-likeness (QED) is 0.907. The molecular formula is C17H29NO2S. The molecule has 0 aliphatic rings. The summed E-state index contributed by atoms with van der Waals surface area (Å²) in [5.41, 5.74) is 1.57. The van der Waals surface area contributed by atoms with Crippen LogP contribution in [0, 0.1) is 10.8 Å². The van der Waals surface area contributed by atoms with Crippen LogP contribution in [0.2, 0.25) is 0 Å². The fourth-order valence-electron chi connectivity index (χ4n) is 2.53. The molecule has 0 heterocycles. The molecule has 1 rings (SSSR count). The van der Waals surface area contributed by atoms with Crippen LogP contribution in [-0.4, -0.2) is 15.5 Å². The molecule has 1 aromatic rings. The molecule has 0 aromatic heterocycles. The number of nitrogens with one attached hydrogen (secondary N) is 1. The first kappa shape index (κ1) is 18.2. The van der Waals surface area contributed by atoms with Gasteiger partial charge in [0, 0.05) is 0 Å². The Labute approximate surface area is 130 Å². The first-order chi connectivity index (χ1) is 9.37. The van der Waals surface area contributed by atoms with Gasteiger partial charge >= 0.3 is 0 Å². The van der Waals surface area contributed by atoms with Crippen molar-refractivity contribution in [2.45, 2.75) is 58.8 Å². The second kappa shape index (κ2) is 6.09. The summed E-state index contributed by atoms with van der Waals surface area (Å²) in [6.07, 6.45) is 1.06. The van der Waals surface area contributed by atoms with Crippen LogP contribution in [0.25, 0.3) is 0 Å². The Morgan fingerprint density at radius 2 is 1.48 bits per heavy atom. The molecule has 0 amide bonds. The predicted octanol–water partition coefficient (Wildman–Crippen LogP) is 4.16. The minimum Gasteiger partial charge on any atom is -0.214 e. The number of hydrogen-bond donors (Lipinski definition) is 1. The molecule has 0 aliphatic carbocycles. The van der Waals surface area contributed by atoms with E-state index in [1.165, 1.54) is 12.6 Å². The van der Waals surface area contributed by atoms with Crippen LogP contribution in [0.3, 0.4) is 0 Å². The smallest absolute Gasteiger partial charge is 0.214 e. The van der Waals surface area contributed by atoms with Crippen LogP contribution in [0.5, 0.6) is 0 Å². The number of rotatable bonds is 4. The molecule has 0 bridgehead atoms. The van der Waals surface area contributed by atoms with E-state index in [2.05, 4.69) is 46.3 Å². The molecular weight excluding hydrogens is 282 g/mol. The Morgan fingerprint density at radius 1 is 1.00 bits per heavy atom. The van der Waals surface area contributed by atoms with Gasteiger partial charge in [-0.15, -0.1) is 0 Å². The van der Waals surface area contributed by atoms with Crippen molar-refractivity contribution in [1.82, 2.24) is 4.72 Å². The van der Waals surface area contributed by atoms with Gasteiger partial charge in [-0.05, 0) is 47.9 Å². The van der Waals surface area contributed by atoms with Crippen LogP contribution in [0.4, 0.5) is 0 Å². The van der Waals surface area contributed by atoms with Gasteiger partial charge in [-0.25, -0.2) is 13.1 Å². The molecule has 120 valence electrons. The molecule has 1 aromatic carbocycles. The maximum Gasteiger partial charge on any atom is 0.240 e. The third kappa shape index (κ3) is 5.11. The number of sulfonamides is 1. The van der Waals surface area contributed by atoms with Gasteiger partial charge in [0.25, 0.3) is 0 Å². The summed E-state index contributed by atoms with van der Waals surface area (Å²) in [5, 5.41) is 0. The number of benzene rings is 1. The lowest BCUT2D eigenvalue weighted by Gasteiger charge is -2.36. The van der Waals surface area contributed by atoms with Crippen molar-refractivity contribution in [3.05, 3.63) is 29.8 Å². The van der Waals surface area contributed by atoms with Crippen molar-refractivity contribution in [2.75, 3.05) is 7.05 Å². The van der Waals surface area contributed by atoms with Crippen molar-refractivity contribution < 1.29 is 8.42 Å². The molecule has 1 N–H and O–H groups in total. The molecule has 0 saturated heterocycles. The highest BCUT2D eigenvalue weighted by Crippen LogP contribution is 2.43. The minimum atomic E-state index is -3.36. The molecule has 1 atom stereocenters. The van der Waals surface area contributed by atoms with Crippen LogP contribution < -0.4 is 4.72 Å². The highest BCUT2D eigenvalue weighted by Gasteiger charge is 2.30. The summed E-state index contributed by atoms with van der Waals surface area (Å²) >= 11 is 0. The summed E-state index contributed by atoms with van der Waals surface area (Å²) in [5.74, 6) is 0.392. The van der Waals surface area contributed by atoms with E-state index in [1.54, 1.807) is 12.1 Å². The third-order valence-electron chi connectivity index (χ3n) is 3.72. The molecule has 0 fully saturated rings. The molecule has 4 heteroatoms. The zero-order valence-corrected chi connectivity index (χ0v) is 15.1.